The highest BCUT2D eigenvalue weighted by atomic mass is 19.1. The van der Waals surface area contributed by atoms with Gasteiger partial charge in [-0.1, -0.05) is 42.5 Å². The normalized spacial score (nSPS) is 18.2. The monoisotopic (exact) mass is 411 g/mol. The summed E-state index contributed by atoms with van der Waals surface area (Å²) in [6.45, 7) is 1.60. The second-order valence-corrected chi connectivity index (χ2v) is 7.48. The quantitative estimate of drug-likeness (QED) is 0.766. The molecule has 0 radical (unpaired) electrons. The summed E-state index contributed by atoms with van der Waals surface area (Å²) < 4.78 is 14.5. The fourth-order valence-electron chi connectivity index (χ4n) is 4.20. The first-order valence-corrected chi connectivity index (χ1v) is 9.99. The van der Waals surface area contributed by atoms with E-state index in [0.29, 0.717) is 30.5 Å². The van der Waals surface area contributed by atoms with Gasteiger partial charge < -0.3 is 15.5 Å². The smallest absolute Gasteiger partial charge is 0.246 e. The van der Waals surface area contributed by atoms with Crippen LogP contribution in [0.3, 0.4) is 0 Å². The van der Waals surface area contributed by atoms with Gasteiger partial charge in [-0.3, -0.25) is 14.4 Å². The highest BCUT2D eigenvalue weighted by Gasteiger charge is 2.49. The van der Waals surface area contributed by atoms with Crippen molar-refractivity contribution < 1.29 is 18.8 Å². The Labute approximate surface area is 175 Å². The topological polar surface area (TPSA) is 78.5 Å². The Bertz CT molecular complexity index is 962. The Morgan fingerprint density at radius 2 is 1.73 bits per heavy atom. The number of nitrogens with zero attached hydrogens (tertiary/aromatic N) is 1. The molecule has 2 aromatic carbocycles. The highest BCUT2D eigenvalue weighted by molar-refractivity contribution is 5.94. The number of amides is 3. The molecule has 3 amide bonds. The molecule has 2 aromatic rings. The molecule has 158 valence electrons. The summed E-state index contributed by atoms with van der Waals surface area (Å²) in [6, 6.07) is 13.9. The Hall–Kier alpha value is -3.22. The van der Waals surface area contributed by atoms with Gasteiger partial charge in [-0.15, -0.1) is 0 Å². The lowest BCUT2D eigenvalue weighted by atomic mass is 9.84. The number of rotatable bonds is 6. The van der Waals surface area contributed by atoms with Crippen molar-refractivity contribution in [3.8, 4) is 11.1 Å². The summed E-state index contributed by atoms with van der Waals surface area (Å²) in [5.41, 5.74) is 0.839. The summed E-state index contributed by atoms with van der Waals surface area (Å²) in [4.78, 5) is 38.7. The molecule has 2 N–H and O–H groups in total. The van der Waals surface area contributed by atoms with E-state index in [9.17, 15) is 18.8 Å². The van der Waals surface area contributed by atoms with Crippen LogP contribution in [0.2, 0.25) is 0 Å². The predicted molar refractivity (Wildman–Crippen MR) is 112 cm³/mol. The molecule has 1 aliphatic heterocycles. The van der Waals surface area contributed by atoms with Gasteiger partial charge in [0.15, 0.2) is 0 Å². The molecular weight excluding hydrogens is 385 g/mol. The van der Waals surface area contributed by atoms with Crippen LogP contribution in [0.15, 0.2) is 48.5 Å². The predicted octanol–water partition coefficient (Wildman–Crippen LogP) is 2.28. The molecule has 0 aliphatic carbocycles. The average molecular weight is 411 g/mol. The van der Waals surface area contributed by atoms with Crippen molar-refractivity contribution in [2.75, 3.05) is 20.1 Å². The minimum atomic E-state index is -1.09. The standard InChI is InChI=1S/C23H26FN3O3/c1-16(28)26-15-21(29)27-13-7-12-23(27,22(30)25-2)14-17-8-3-4-9-18(17)19-10-5-6-11-20(19)24/h3-6,8-11H,7,12-15H2,1-2H3,(H,25,30)(H,26,28). The minimum absolute atomic E-state index is 0.164. The van der Waals surface area contributed by atoms with Gasteiger partial charge in [0, 0.05) is 32.5 Å². The maximum Gasteiger partial charge on any atom is 0.246 e. The maximum absolute atomic E-state index is 14.5. The maximum atomic E-state index is 14.5. The molecule has 30 heavy (non-hydrogen) atoms. The number of carbonyl (C=O) groups excluding carboxylic acids is 3. The summed E-state index contributed by atoms with van der Waals surface area (Å²) >= 11 is 0. The molecular formula is C23H26FN3O3. The van der Waals surface area contributed by atoms with Crippen LogP contribution in [0.5, 0.6) is 0 Å². The van der Waals surface area contributed by atoms with Crippen molar-refractivity contribution in [1.29, 1.82) is 0 Å². The number of halogens is 1. The molecule has 1 unspecified atom stereocenters. The van der Waals surface area contributed by atoms with Gasteiger partial charge in [0.1, 0.15) is 11.4 Å². The van der Waals surface area contributed by atoms with Crippen molar-refractivity contribution in [3.63, 3.8) is 0 Å². The molecule has 0 aromatic heterocycles. The van der Waals surface area contributed by atoms with Crippen LogP contribution in [-0.2, 0) is 20.8 Å². The molecule has 0 bridgehead atoms. The number of likely N-dealkylation sites (N-methyl/N-ethyl adjacent to an activating group) is 1. The molecule has 7 heteroatoms. The SMILES string of the molecule is CNC(=O)C1(Cc2ccccc2-c2ccccc2F)CCCN1C(=O)CNC(C)=O. The number of carbonyl (C=O) groups is 3. The van der Waals surface area contributed by atoms with Gasteiger partial charge in [-0.25, -0.2) is 4.39 Å². The highest BCUT2D eigenvalue weighted by Crippen LogP contribution is 2.36. The van der Waals surface area contributed by atoms with E-state index in [-0.39, 0.29) is 36.5 Å². The lowest BCUT2D eigenvalue weighted by molar-refractivity contribution is -0.144. The second kappa shape index (κ2) is 9.07. The first kappa shape index (κ1) is 21.5. The third-order valence-electron chi connectivity index (χ3n) is 5.59. The van der Waals surface area contributed by atoms with E-state index in [0.717, 1.165) is 5.56 Å². The van der Waals surface area contributed by atoms with Gasteiger partial charge >= 0.3 is 0 Å². The zero-order valence-electron chi connectivity index (χ0n) is 17.2. The van der Waals surface area contributed by atoms with E-state index < -0.39 is 5.54 Å². The number of benzene rings is 2. The molecule has 1 fully saturated rings. The van der Waals surface area contributed by atoms with Crippen LogP contribution in [0.1, 0.15) is 25.3 Å². The molecule has 1 heterocycles. The number of hydrogen-bond acceptors (Lipinski definition) is 3. The third-order valence-corrected chi connectivity index (χ3v) is 5.59. The van der Waals surface area contributed by atoms with Crippen molar-refractivity contribution in [2.24, 2.45) is 0 Å². The third kappa shape index (κ3) is 4.20. The minimum Gasteiger partial charge on any atom is -0.357 e. The van der Waals surface area contributed by atoms with Crippen LogP contribution in [0, 0.1) is 5.82 Å². The zero-order chi connectivity index (χ0) is 21.7. The molecule has 3 rings (SSSR count). The van der Waals surface area contributed by atoms with Gasteiger partial charge in [0.25, 0.3) is 0 Å². The molecule has 1 aliphatic rings. The van der Waals surface area contributed by atoms with E-state index in [1.807, 2.05) is 24.3 Å². The van der Waals surface area contributed by atoms with E-state index in [4.69, 9.17) is 0 Å². The van der Waals surface area contributed by atoms with Crippen molar-refractivity contribution >= 4 is 17.7 Å². The zero-order valence-corrected chi connectivity index (χ0v) is 17.2. The van der Waals surface area contributed by atoms with Crippen LogP contribution in [0.4, 0.5) is 4.39 Å². The van der Waals surface area contributed by atoms with Crippen molar-refractivity contribution in [3.05, 3.63) is 59.9 Å². The lowest BCUT2D eigenvalue weighted by Gasteiger charge is -2.37. The van der Waals surface area contributed by atoms with Crippen LogP contribution < -0.4 is 10.6 Å². The molecule has 0 saturated carbocycles. The Morgan fingerprint density at radius 3 is 2.40 bits per heavy atom. The first-order valence-electron chi connectivity index (χ1n) is 9.99. The van der Waals surface area contributed by atoms with E-state index in [1.165, 1.54) is 13.0 Å². The van der Waals surface area contributed by atoms with Crippen LogP contribution in [-0.4, -0.2) is 48.3 Å². The Balaban J connectivity index is 2.01. The number of hydrogen-bond donors (Lipinski definition) is 2. The van der Waals surface area contributed by atoms with Crippen molar-refractivity contribution in [2.45, 2.75) is 31.7 Å². The van der Waals surface area contributed by atoms with Gasteiger partial charge in [0.2, 0.25) is 17.7 Å². The number of likely N-dealkylation sites (tertiary alicyclic amines) is 1. The summed E-state index contributed by atoms with van der Waals surface area (Å²) in [5.74, 6) is -1.23. The summed E-state index contributed by atoms with van der Waals surface area (Å²) in [6.07, 6.45) is 1.41. The molecule has 0 spiro atoms. The van der Waals surface area contributed by atoms with Crippen molar-refractivity contribution in [1.82, 2.24) is 15.5 Å². The Morgan fingerprint density at radius 1 is 1.07 bits per heavy atom. The summed E-state index contributed by atoms with van der Waals surface area (Å²) in [5, 5.41) is 5.21. The van der Waals surface area contributed by atoms with E-state index in [2.05, 4.69) is 10.6 Å². The van der Waals surface area contributed by atoms with Crippen LogP contribution >= 0.6 is 0 Å². The summed E-state index contributed by atoms with van der Waals surface area (Å²) in [7, 11) is 1.54. The van der Waals surface area contributed by atoms with E-state index >= 15 is 0 Å². The largest absolute Gasteiger partial charge is 0.357 e. The number of nitrogens with one attached hydrogen (secondary N) is 2. The van der Waals surface area contributed by atoms with Gasteiger partial charge in [0.05, 0.1) is 6.54 Å². The molecule has 1 atom stereocenters. The first-order chi connectivity index (χ1) is 14.4. The van der Waals surface area contributed by atoms with Gasteiger partial charge in [-0.05, 0) is 30.0 Å². The average Bonchev–Trinajstić information content (AvgIpc) is 3.17. The fourth-order valence-corrected chi connectivity index (χ4v) is 4.20. The lowest BCUT2D eigenvalue weighted by Crippen LogP contribution is -2.59. The molecule has 1 saturated heterocycles. The van der Waals surface area contributed by atoms with Crippen LogP contribution in [0.25, 0.3) is 11.1 Å². The van der Waals surface area contributed by atoms with E-state index in [1.54, 1.807) is 30.1 Å². The Kier molecular flexibility index (Phi) is 6.50. The van der Waals surface area contributed by atoms with Gasteiger partial charge in [-0.2, -0.15) is 0 Å². The fraction of sp³-hybridized carbons (Fsp3) is 0.348. The molecule has 6 nitrogen and oxygen atoms in total. The second-order valence-electron chi connectivity index (χ2n) is 7.48.